The first-order valence-electron chi connectivity index (χ1n) is 7.30. The van der Waals surface area contributed by atoms with Crippen molar-refractivity contribution in [3.63, 3.8) is 0 Å². The fourth-order valence-corrected chi connectivity index (χ4v) is 2.64. The summed E-state index contributed by atoms with van der Waals surface area (Å²) in [6.45, 7) is 9.47. The standard InChI is InChI=1S/C18H25FO2/c1-7-15(13(4)9-8-10-19)21-17(20)16-14(11-12(2)3)18(16,5)6/h1,9,11,14-16H,8,10H2,2-6H3/b13-9+. The van der Waals surface area contributed by atoms with E-state index in [0.29, 0.717) is 5.57 Å². The van der Waals surface area contributed by atoms with Crippen LogP contribution in [0.4, 0.5) is 4.39 Å². The molecule has 1 aliphatic carbocycles. The molecule has 3 heteroatoms. The van der Waals surface area contributed by atoms with Crippen molar-refractivity contribution >= 4 is 5.97 Å². The molecule has 0 aromatic carbocycles. The molecule has 1 aliphatic rings. The Kier molecular flexibility index (Phi) is 5.78. The summed E-state index contributed by atoms with van der Waals surface area (Å²) in [6.07, 6.45) is 8.81. The van der Waals surface area contributed by atoms with Crippen LogP contribution < -0.4 is 0 Å². The van der Waals surface area contributed by atoms with Crippen molar-refractivity contribution in [3.8, 4) is 12.3 Å². The molecule has 0 aromatic rings. The third-order valence-corrected chi connectivity index (χ3v) is 4.05. The van der Waals surface area contributed by atoms with Crippen LogP contribution in [0.15, 0.2) is 23.3 Å². The lowest BCUT2D eigenvalue weighted by molar-refractivity contribution is -0.147. The fourth-order valence-electron chi connectivity index (χ4n) is 2.64. The van der Waals surface area contributed by atoms with Crippen molar-refractivity contribution in [3.05, 3.63) is 23.3 Å². The van der Waals surface area contributed by atoms with Gasteiger partial charge in [0.2, 0.25) is 0 Å². The minimum Gasteiger partial charge on any atom is -0.444 e. The van der Waals surface area contributed by atoms with E-state index in [1.807, 2.05) is 13.8 Å². The summed E-state index contributed by atoms with van der Waals surface area (Å²) in [6, 6.07) is 0. The maximum absolute atomic E-state index is 12.3. The monoisotopic (exact) mass is 292 g/mol. The highest BCUT2D eigenvalue weighted by molar-refractivity contribution is 5.79. The zero-order valence-electron chi connectivity index (χ0n) is 13.6. The van der Waals surface area contributed by atoms with Crippen LogP contribution >= 0.6 is 0 Å². The lowest BCUT2D eigenvalue weighted by Gasteiger charge is -2.13. The van der Waals surface area contributed by atoms with Gasteiger partial charge in [-0.15, -0.1) is 6.42 Å². The van der Waals surface area contributed by atoms with Gasteiger partial charge in [0.15, 0.2) is 6.10 Å². The largest absolute Gasteiger partial charge is 0.444 e. The summed E-state index contributed by atoms with van der Waals surface area (Å²) in [5, 5.41) is 0. The van der Waals surface area contributed by atoms with Gasteiger partial charge in [-0.1, -0.05) is 37.5 Å². The number of terminal acetylenes is 1. The highest BCUT2D eigenvalue weighted by Gasteiger charge is 2.61. The number of halogens is 1. The molecule has 1 fully saturated rings. The van der Waals surface area contributed by atoms with E-state index in [1.165, 1.54) is 5.57 Å². The van der Waals surface area contributed by atoms with E-state index in [4.69, 9.17) is 11.2 Å². The average Bonchev–Trinajstić information content (AvgIpc) is 2.93. The Morgan fingerprint density at radius 1 is 1.43 bits per heavy atom. The van der Waals surface area contributed by atoms with Crippen molar-refractivity contribution in [2.45, 2.75) is 47.1 Å². The van der Waals surface area contributed by atoms with Crippen LogP contribution in [0.5, 0.6) is 0 Å². The van der Waals surface area contributed by atoms with E-state index in [9.17, 15) is 9.18 Å². The van der Waals surface area contributed by atoms with Crippen molar-refractivity contribution in [2.75, 3.05) is 6.67 Å². The number of rotatable bonds is 6. The summed E-state index contributed by atoms with van der Waals surface area (Å²) >= 11 is 0. The molecule has 1 rings (SSSR count). The third kappa shape index (κ3) is 4.20. The summed E-state index contributed by atoms with van der Waals surface area (Å²) in [5.74, 6) is 2.24. The maximum Gasteiger partial charge on any atom is 0.311 e. The normalized spacial score (nSPS) is 24.7. The first-order valence-corrected chi connectivity index (χ1v) is 7.30. The molecule has 0 N–H and O–H groups in total. The highest BCUT2D eigenvalue weighted by Crippen LogP contribution is 2.59. The molecule has 0 saturated heterocycles. The molecule has 2 nitrogen and oxygen atoms in total. The van der Waals surface area contributed by atoms with E-state index in [-0.39, 0.29) is 29.6 Å². The average molecular weight is 292 g/mol. The molecule has 116 valence electrons. The van der Waals surface area contributed by atoms with Crippen LogP contribution in [0, 0.1) is 29.6 Å². The predicted octanol–water partition coefficient (Wildman–Crippen LogP) is 4.08. The Morgan fingerprint density at radius 2 is 2.05 bits per heavy atom. The van der Waals surface area contributed by atoms with E-state index >= 15 is 0 Å². The molecule has 0 spiro atoms. The van der Waals surface area contributed by atoms with Gasteiger partial charge in [0, 0.05) is 0 Å². The zero-order chi connectivity index (χ0) is 16.2. The topological polar surface area (TPSA) is 26.3 Å². The second-order valence-corrected chi connectivity index (χ2v) is 6.48. The first-order chi connectivity index (χ1) is 9.75. The molecule has 0 aromatic heterocycles. The van der Waals surface area contributed by atoms with Crippen LogP contribution in [-0.4, -0.2) is 18.7 Å². The molecule has 0 bridgehead atoms. The molecular formula is C18H25FO2. The number of allylic oxidation sites excluding steroid dienone is 3. The first kappa shape index (κ1) is 17.5. The Labute approximate surface area is 127 Å². The molecule has 3 unspecified atom stereocenters. The Balaban J connectivity index is 2.73. The number of carbonyl (C=O) groups excluding carboxylic acids is 1. The SMILES string of the molecule is C#CC(OC(=O)C1C(C=C(C)C)C1(C)C)/C(C)=C/CCF. The summed E-state index contributed by atoms with van der Waals surface area (Å²) in [5.41, 5.74) is 1.81. The van der Waals surface area contributed by atoms with Crippen LogP contribution in [0.1, 0.15) is 41.0 Å². The zero-order valence-corrected chi connectivity index (χ0v) is 13.6. The van der Waals surface area contributed by atoms with Gasteiger partial charge in [-0.2, -0.15) is 0 Å². The maximum atomic E-state index is 12.3. The van der Waals surface area contributed by atoms with Crippen LogP contribution in [0.3, 0.4) is 0 Å². The Bertz CT molecular complexity index is 490. The number of esters is 1. The van der Waals surface area contributed by atoms with Gasteiger partial charge < -0.3 is 4.74 Å². The summed E-state index contributed by atoms with van der Waals surface area (Å²) < 4.78 is 17.6. The number of hydrogen-bond donors (Lipinski definition) is 0. The van der Waals surface area contributed by atoms with E-state index in [2.05, 4.69) is 25.8 Å². The van der Waals surface area contributed by atoms with Crippen molar-refractivity contribution < 1.29 is 13.9 Å². The van der Waals surface area contributed by atoms with E-state index in [1.54, 1.807) is 13.0 Å². The van der Waals surface area contributed by atoms with Gasteiger partial charge in [-0.05, 0) is 44.1 Å². The van der Waals surface area contributed by atoms with Crippen molar-refractivity contribution in [2.24, 2.45) is 17.3 Å². The smallest absolute Gasteiger partial charge is 0.311 e. The highest BCUT2D eigenvalue weighted by atomic mass is 19.1. The lowest BCUT2D eigenvalue weighted by Crippen LogP contribution is -2.20. The van der Waals surface area contributed by atoms with Gasteiger partial charge in [0.1, 0.15) is 0 Å². The van der Waals surface area contributed by atoms with Crippen molar-refractivity contribution in [1.29, 1.82) is 0 Å². The molecular weight excluding hydrogens is 267 g/mol. The molecule has 0 amide bonds. The predicted molar refractivity (Wildman–Crippen MR) is 83.3 cm³/mol. The van der Waals surface area contributed by atoms with Gasteiger partial charge in [0.05, 0.1) is 12.6 Å². The summed E-state index contributed by atoms with van der Waals surface area (Å²) in [4.78, 5) is 12.3. The molecule has 1 saturated carbocycles. The number of hydrogen-bond acceptors (Lipinski definition) is 2. The number of carbonyl (C=O) groups is 1. The van der Waals surface area contributed by atoms with E-state index < -0.39 is 12.8 Å². The number of ether oxygens (including phenoxy) is 1. The van der Waals surface area contributed by atoms with Crippen LogP contribution in [-0.2, 0) is 9.53 Å². The second-order valence-electron chi connectivity index (χ2n) is 6.48. The summed E-state index contributed by atoms with van der Waals surface area (Å²) in [7, 11) is 0. The molecule has 21 heavy (non-hydrogen) atoms. The molecule has 0 radical (unpaired) electrons. The molecule has 0 heterocycles. The van der Waals surface area contributed by atoms with Gasteiger partial charge in [0.25, 0.3) is 0 Å². The minimum absolute atomic E-state index is 0.0932. The molecule has 0 aliphatic heterocycles. The fraction of sp³-hybridized carbons (Fsp3) is 0.611. The van der Waals surface area contributed by atoms with Gasteiger partial charge in [-0.3, -0.25) is 9.18 Å². The van der Waals surface area contributed by atoms with Crippen LogP contribution in [0.2, 0.25) is 0 Å². The van der Waals surface area contributed by atoms with Gasteiger partial charge in [-0.25, -0.2) is 0 Å². The van der Waals surface area contributed by atoms with Crippen LogP contribution in [0.25, 0.3) is 0 Å². The quantitative estimate of drug-likeness (QED) is 0.419. The Morgan fingerprint density at radius 3 is 2.52 bits per heavy atom. The second kappa shape index (κ2) is 6.93. The van der Waals surface area contributed by atoms with E-state index in [0.717, 1.165) is 0 Å². The number of alkyl halides is 1. The third-order valence-electron chi connectivity index (χ3n) is 4.05. The van der Waals surface area contributed by atoms with Crippen molar-refractivity contribution in [1.82, 2.24) is 0 Å². The minimum atomic E-state index is -0.701. The Hall–Kier alpha value is -1.56. The van der Waals surface area contributed by atoms with Gasteiger partial charge >= 0.3 is 5.97 Å². The lowest BCUT2D eigenvalue weighted by atomic mass is 10.1. The molecule has 3 atom stereocenters.